The molecule has 0 aliphatic heterocycles. The van der Waals surface area contributed by atoms with Crippen LogP contribution in [-0.2, 0) is 11.2 Å². The molecule has 4 nitrogen and oxygen atoms in total. The summed E-state index contributed by atoms with van der Waals surface area (Å²) >= 11 is 5.79. The fourth-order valence-electron chi connectivity index (χ4n) is 2.97. The summed E-state index contributed by atoms with van der Waals surface area (Å²) < 4.78 is 0. The molecule has 0 spiro atoms. The first-order chi connectivity index (χ1) is 11.6. The van der Waals surface area contributed by atoms with E-state index in [4.69, 9.17) is 11.6 Å². The lowest BCUT2D eigenvalue weighted by atomic mass is 10.1. The zero-order valence-electron chi connectivity index (χ0n) is 13.2. The summed E-state index contributed by atoms with van der Waals surface area (Å²) in [5.41, 5.74) is 3.04. The molecule has 1 aliphatic carbocycles. The van der Waals surface area contributed by atoms with Crippen molar-refractivity contribution in [2.24, 2.45) is 0 Å². The van der Waals surface area contributed by atoms with E-state index in [0.717, 1.165) is 12.8 Å². The van der Waals surface area contributed by atoms with E-state index in [-0.39, 0.29) is 24.3 Å². The molecule has 0 aromatic heterocycles. The number of benzene rings is 2. The van der Waals surface area contributed by atoms with E-state index < -0.39 is 0 Å². The summed E-state index contributed by atoms with van der Waals surface area (Å²) in [4.78, 5) is 24.1. The topological polar surface area (TPSA) is 58.2 Å². The minimum Gasteiger partial charge on any atom is -0.352 e. The second-order valence-electron chi connectivity index (χ2n) is 5.87. The molecule has 5 heteroatoms. The fourth-order valence-corrected chi connectivity index (χ4v) is 3.09. The number of fused-ring (bicyclic) bond motifs is 1. The van der Waals surface area contributed by atoms with Gasteiger partial charge in [-0.3, -0.25) is 9.59 Å². The predicted molar refractivity (Wildman–Crippen MR) is 94.0 cm³/mol. The molecule has 0 heterocycles. The highest BCUT2D eigenvalue weighted by Gasteiger charge is 2.23. The van der Waals surface area contributed by atoms with E-state index in [1.165, 1.54) is 11.1 Å². The quantitative estimate of drug-likeness (QED) is 0.876. The van der Waals surface area contributed by atoms with Crippen LogP contribution in [0.5, 0.6) is 0 Å². The highest BCUT2D eigenvalue weighted by atomic mass is 35.5. The van der Waals surface area contributed by atoms with Crippen LogP contribution in [0, 0.1) is 0 Å². The molecular formula is C19H19ClN2O2. The summed E-state index contributed by atoms with van der Waals surface area (Å²) in [7, 11) is 0. The number of halogens is 1. The molecule has 0 saturated carbocycles. The van der Waals surface area contributed by atoms with Crippen molar-refractivity contribution in [3.05, 3.63) is 70.2 Å². The van der Waals surface area contributed by atoms with Crippen LogP contribution in [0.4, 0.5) is 0 Å². The molecule has 1 atom stereocenters. The van der Waals surface area contributed by atoms with E-state index in [2.05, 4.69) is 22.8 Å². The van der Waals surface area contributed by atoms with Gasteiger partial charge in [0.25, 0.3) is 5.91 Å². The summed E-state index contributed by atoms with van der Waals surface area (Å²) in [6, 6.07) is 14.9. The van der Waals surface area contributed by atoms with Crippen molar-refractivity contribution in [2.45, 2.75) is 25.3 Å². The lowest BCUT2D eigenvalue weighted by Crippen LogP contribution is -2.32. The zero-order valence-corrected chi connectivity index (χ0v) is 14.0. The largest absolute Gasteiger partial charge is 0.352 e. The van der Waals surface area contributed by atoms with E-state index in [0.29, 0.717) is 17.1 Å². The Balaban J connectivity index is 1.45. The van der Waals surface area contributed by atoms with Crippen molar-refractivity contribution in [3.63, 3.8) is 0 Å². The second kappa shape index (κ2) is 7.49. The van der Waals surface area contributed by atoms with Gasteiger partial charge < -0.3 is 10.6 Å². The summed E-state index contributed by atoms with van der Waals surface area (Å²) in [6.07, 6.45) is 2.19. The number of carbonyl (C=O) groups is 2. The average molecular weight is 343 g/mol. The van der Waals surface area contributed by atoms with Crippen molar-refractivity contribution >= 4 is 23.4 Å². The number of rotatable bonds is 5. The van der Waals surface area contributed by atoms with Gasteiger partial charge in [-0.15, -0.1) is 0 Å². The first-order valence-corrected chi connectivity index (χ1v) is 8.42. The highest BCUT2D eigenvalue weighted by Crippen LogP contribution is 2.30. The average Bonchev–Trinajstić information content (AvgIpc) is 2.98. The second-order valence-corrected chi connectivity index (χ2v) is 6.31. The monoisotopic (exact) mass is 342 g/mol. The summed E-state index contributed by atoms with van der Waals surface area (Å²) in [5.74, 6) is -0.251. The lowest BCUT2D eigenvalue weighted by Gasteiger charge is -2.14. The molecular weight excluding hydrogens is 324 g/mol. The van der Waals surface area contributed by atoms with Crippen LogP contribution in [0.2, 0.25) is 5.02 Å². The molecule has 2 amide bonds. The van der Waals surface area contributed by atoms with Crippen LogP contribution in [0.3, 0.4) is 0 Å². The molecule has 0 fully saturated rings. The number of nitrogens with one attached hydrogen (secondary N) is 2. The van der Waals surface area contributed by atoms with Crippen LogP contribution in [0.15, 0.2) is 48.5 Å². The zero-order chi connectivity index (χ0) is 16.9. The van der Waals surface area contributed by atoms with Crippen molar-refractivity contribution in [1.82, 2.24) is 10.6 Å². The van der Waals surface area contributed by atoms with Crippen LogP contribution >= 0.6 is 11.6 Å². The van der Waals surface area contributed by atoms with Crippen molar-refractivity contribution in [2.75, 3.05) is 6.54 Å². The molecule has 2 aromatic carbocycles. The Bertz CT molecular complexity index is 743. The normalized spacial score (nSPS) is 15.6. The van der Waals surface area contributed by atoms with Crippen LogP contribution in [0.25, 0.3) is 0 Å². The highest BCUT2D eigenvalue weighted by molar-refractivity contribution is 6.30. The van der Waals surface area contributed by atoms with Crippen molar-refractivity contribution < 1.29 is 9.59 Å². The van der Waals surface area contributed by atoms with E-state index >= 15 is 0 Å². The fraction of sp³-hybridized carbons (Fsp3) is 0.263. The smallest absolute Gasteiger partial charge is 0.251 e. The van der Waals surface area contributed by atoms with Gasteiger partial charge in [0.1, 0.15) is 0 Å². The third kappa shape index (κ3) is 3.95. The molecule has 0 unspecified atom stereocenters. The predicted octanol–water partition coefficient (Wildman–Crippen LogP) is 3.26. The van der Waals surface area contributed by atoms with E-state index in [1.807, 2.05) is 12.1 Å². The molecule has 2 N–H and O–H groups in total. The van der Waals surface area contributed by atoms with Crippen molar-refractivity contribution in [1.29, 1.82) is 0 Å². The molecule has 0 radical (unpaired) electrons. The molecule has 0 bridgehead atoms. The van der Waals surface area contributed by atoms with E-state index in [9.17, 15) is 9.59 Å². The van der Waals surface area contributed by atoms with Gasteiger partial charge in [0.2, 0.25) is 5.91 Å². The Kier molecular flexibility index (Phi) is 5.16. The maximum atomic E-state index is 12.1. The Morgan fingerprint density at radius 1 is 1.08 bits per heavy atom. The van der Waals surface area contributed by atoms with Crippen LogP contribution in [-0.4, -0.2) is 18.4 Å². The van der Waals surface area contributed by atoms with Crippen LogP contribution < -0.4 is 10.6 Å². The number of aryl methyl sites for hydroxylation is 1. The molecule has 0 saturated heterocycles. The van der Waals surface area contributed by atoms with Gasteiger partial charge in [-0.1, -0.05) is 35.9 Å². The Labute approximate surface area is 146 Å². The third-order valence-corrected chi connectivity index (χ3v) is 4.46. The van der Waals surface area contributed by atoms with Gasteiger partial charge >= 0.3 is 0 Å². The van der Waals surface area contributed by atoms with Gasteiger partial charge in [-0.2, -0.15) is 0 Å². The van der Waals surface area contributed by atoms with Gasteiger partial charge in [0.15, 0.2) is 0 Å². The third-order valence-electron chi connectivity index (χ3n) is 4.21. The standard InChI is InChI=1S/C19H19ClN2O2/c20-15-8-5-14(6-9-15)19(24)21-12-11-18(23)22-17-10-7-13-3-1-2-4-16(13)17/h1-6,8-9,17H,7,10-12H2,(H,21,24)(H,22,23)/t17-/m0/s1. The Morgan fingerprint density at radius 2 is 1.83 bits per heavy atom. The number of hydrogen-bond acceptors (Lipinski definition) is 2. The minimum absolute atomic E-state index is 0.0480. The molecule has 1 aliphatic rings. The SMILES string of the molecule is O=C(CCNC(=O)c1ccc(Cl)cc1)N[C@H]1CCc2ccccc21. The van der Waals surface area contributed by atoms with E-state index in [1.54, 1.807) is 24.3 Å². The van der Waals surface area contributed by atoms with Gasteiger partial charge in [-0.05, 0) is 48.2 Å². The minimum atomic E-state index is -0.203. The first-order valence-electron chi connectivity index (χ1n) is 8.04. The molecule has 124 valence electrons. The first kappa shape index (κ1) is 16.5. The molecule has 2 aromatic rings. The number of hydrogen-bond donors (Lipinski definition) is 2. The van der Waals surface area contributed by atoms with Gasteiger partial charge in [0.05, 0.1) is 6.04 Å². The van der Waals surface area contributed by atoms with Gasteiger partial charge in [-0.25, -0.2) is 0 Å². The number of amides is 2. The Morgan fingerprint density at radius 3 is 2.62 bits per heavy atom. The Hall–Kier alpha value is -2.33. The van der Waals surface area contributed by atoms with Crippen molar-refractivity contribution in [3.8, 4) is 0 Å². The molecule has 24 heavy (non-hydrogen) atoms. The summed E-state index contributed by atoms with van der Waals surface area (Å²) in [5, 5.41) is 6.38. The maximum absolute atomic E-state index is 12.1. The molecule has 3 rings (SSSR count). The van der Waals surface area contributed by atoms with Crippen LogP contribution in [0.1, 0.15) is 40.4 Å². The van der Waals surface area contributed by atoms with Gasteiger partial charge in [0, 0.05) is 23.6 Å². The summed E-state index contributed by atoms with van der Waals surface area (Å²) in [6.45, 7) is 0.307. The lowest BCUT2D eigenvalue weighted by molar-refractivity contribution is -0.121. The maximum Gasteiger partial charge on any atom is 0.251 e. The number of carbonyl (C=O) groups excluding carboxylic acids is 2.